The zero-order valence-corrected chi connectivity index (χ0v) is 12.8. The highest BCUT2D eigenvalue weighted by Crippen LogP contribution is 2.19. The maximum atomic E-state index is 12.5. The highest BCUT2D eigenvalue weighted by Gasteiger charge is 2.40. The lowest BCUT2D eigenvalue weighted by atomic mass is 10.1. The Hall–Kier alpha value is -3.28. The second-order valence-corrected chi connectivity index (χ2v) is 5.26. The molecule has 0 radical (unpaired) electrons. The molecule has 2 aromatic carbocycles. The molecule has 6 nitrogen and oxygen atoms in total. The van der Waals surface area contributed by atoms with Gasteiger partial charge in [0.05, 0.1) is 12.2 Å². The minimum absolute atomic E-state index is 0.358. The number of aliphatic imine (C=N–C) groups is 1. The molecular weight excluding hydrogens is 306 g/mol. The number of carbonyl (C=O) groups is 3. The Morgan fingerprint density at radius 2 is 1.58 bits per heavy atom. The van der Waals surface area contributed by atoms with Crippen molar-refractivity contribution in [1.82, 2.24) is 5.32 Å². The molecule has 0 spiro atoms. The number of hydrogen-bond acceptors (Lipinski definition) is 4. The van der Waals surface area contributed by atoms with Crippen LogP contribution in [0.25, 0.3) is 0 Å². The molecule has 0 saturated carbocycles. The molecule has 1 heterocycles. The highest BCUT2D eigenvalue weighted by atomic mass is 16.2. The van der Waals surface area contributed by atoms with Crippen molar-refractivity contribution in [3.8, 4) is 0 Å². The topological polar surface area (TPSA) is 78.8 Å². The van der Waals surface area contributed by atoms with E-state index in [9.17, 15) is 14.4 Å². The first kappa shape index (κ1) is 15.6. The molecule has 1 atom stereocenters. The van der Waals surface area contributed by atoms with Gasteiger partial charge in [0.2, 0.25) is 5.91 Å². The summed E-state index contributed by atoms with van der Waals surface area (Å²) in [6, 6.07) is 17.2. The van der Waals surface area contributed by atoms with E-state index in [1.54, 1.807) is 30.3 Å². The summed E-state index contributed by atoms with van der Waals surface area (Å²) < 4.78 is 0. The molecule has 0 bridgehead atoms. The second kappa shape index (κ2) is 6.87. The fourth-order valence-electron chi connectivity index (χ4n) is 2.39. The monoisotopic (exact) mass is 321 g/mol. The van der Waals surface area contributed by atoms with Crippen LogP contribution >= 0.6 is 0 Å². The predicted octanol–water partition coefficient (Wildman–Crippen LogP) is 2.16. The summed E-state index contributed by atoms with van der Waals surface area (Å²) in [6.45, 7) is 0.358. The van der Waals surface area contributed by atoms with Crippen molar-refractivity contribution in [1.29, 1.82) is 0 Å². The van der Waals surface area contributed by atoms with Gasteiger partial charge in [-0.15, -0.1) is 0 Å². The summed E-state index contributed by atoms with van der Waals surface area (Å²) in [5.41, 5.74) is 1.38. The SMILES string of the molecule is O=C1NC(=O)N(c2ccccc2)C(=O)C1C=NCc1ccccc1. The van der Waals surface area contributed by atoms with Crippen molar-refractivity contribution in [2.24, 2.45) is 10.9 Å². The van der Waals surface area contributed by atoms with Gasteiger partial charge in [0.25, 0.3) is 5.91 Å². The van der Waals surface area contributed by atoms with E-state index in [1.165, 1.54) is 6.21 Å². The number of nitrogens with one attached hydrogen (secondary N) is 1. The number of carbonyl (C=O) groups excluding carboxylic acids is 3. The van der Waals surface area contributed by atoms with E-state index < -0.39 is 23.8 Å². The van der Waals surface area contributed by atoms with E-state index in [0.29, 0.717) is 12.2 Å². The first-order chi connectivity index (χ1) is 11.7. The Morgan fingerprint density at radius 3 is 2.25 bits per heavy atom. The highest BCUT2D eigenvalue weighted by molar-refractivity contribution is 6.32. The summed E-state index contributed by atoms with van der Waals surface area (Å²) in [7, 11) is 0. The maximum absolute atomic E-state index is 12.5. The molecule has 6 heteroatoms. The van der Waals surface area contributed by atoms with E-state index >= 15 is 0 Å². The van der Waals surface area contributed by atoms with Crippen LogP contribution in [0.5, 0.6) is 0 Å². The van der Waals surface area contributed by atoms with E-state index in [2.05, 4.69) is 10.3 Å². The van der Waals surface area contributed by atoms with Gasteiger partial charge in [0.1, 0.15) is 0 Å². The van der Waals surface area contributed by atoms with Gasteiger partial charge >= 0.3 is 6.03 Å². The van der Waals surface area contributed by atoms with Gasteiger partial charge < -0.3 is 0 Å². The smallest absolute Gasteiger partial charge is 0.291 e. The Balaban J connectivity index is 1.78. The van der Waals surface area contributed by atoms with E-state index in [-0.39, 0.29) is 0 Å². The maximum Gasteiger partial charge on any atom is 0.335 e. The third kappa shape index (κ3) is 3.22. The molecule has 0 aromatic heterocycles. The molecule has 24 heavy (non-hydrogen) atoms. The summed E-state index contributed by atoms with van der Waals surface area (Å²) >= 11 is 0. The van der Waals surface area contributed by atoms with Gasteiger partial charge in [-0.3, -0.25) is 19.9 Å². The Morgan fingerprint density at radius 1 is 0.958 bits per heavy atom. The van der Waals surface area contributed by atoms with E-state index in [0.717, 1.165) is 10.5 Å². The number of hydrogen-bond donors (Lipinski definition) is 1. The number of rotatable bonds is 4. The third-order valence-corrected chi connectivity index (χ3v) is 3.59. The number of urea groups is 1. The fourth-order valence-corrected chi connectivity index (χ4v) is 2.39. The lowest BCUT2D eigenvalue weighted by molar-refractivity contribution is -0.131. The number of anilines is 1. The van der Waals surface area contributed by atoms with Crippen LogP contribution in [0, 0.1) is 5.92 Å². The molecule has 0 aliphatic carbocycles. The van der Waals surface area contributed by atoms with Crippen LogP contribution in [0.3, 0.4) is 0 Å². The number of para-hydroxylation sites is 1. The zero-order valence-electron chi connectivity index (χ0n) is 12.8. The molecule has 1 aliphatic heterocycles. The minimum atomic E-state index is -1.12. The average Bonchev–Trinajstić information content (AvgIpc) is 2.59. The van der Waals surface area contributed by atoms with Crippen molar-refractivity contribution in [2.75, 3.05) is 4.90 Å². The second-order valence-electron chi connectivity index (χ2n) is 5.26. The summed E-state index contributed by atoms with van der Waals surface area (Å²) in [6.07, 6.45) is 1.30. The fraction of sp³-hybridized carbons (Fsp3) is 0.111. The van der Waals surface area contributed by atoms with Crippen molar-refractivity contribution >= 4 is 29.7 Å². The molecule has 1 unspecified atom stereocenters. The summed E-state index contributed by atoms with van der Waals surface area (Å²) in [4.78, 5) is 41.6. The van der Waals surface area contributed by atoms with Crippen LogP contribution in [-0.4, -0.2) is 24.1 Å². The van der Waals surface area contributed by atoms with E-state index in [1.807, 2.05) is 30.3 Å². The largest absolute Gasteiger partial charge is 0.335 e. The number of barbiturate groups is 1. The number of imide groups is 2. The molecule has 4 amide bonds. The van der Waals surface area contributed by atoms with Gasteiger partial charge in [0, 0.05) is 6.21 Å². The zero-order chi connectivity index (χ0) is 16.9. The van der Waals surface area contributed by atoms with Crippen LogP contribution in [0.4, 0.5) is 10.5 Å². The van der Waals surface area contributed by atoms with E-state index in [4.69, 9.17) is 0 Å². The molecule has 1 N–H and O–H groups in total. The van der Waals surface area contributed by atoms with Crippen LogP contribution in [-0.2, 0) is 16.1 Å². The van der Waals surface area contributed by atoms with Crippen LogP contribution < -0.4 is 10.2 Å². The van der Waals surface area contributed by atoms with Gasteiger partial charge in [-0.05, 0) is 17.7 Å². The Kier molecular flexibility index (Phi) is 4.47. The average molecular weight is 321 g/mol. The first-order valence-electron chi connectivity index (χ1n) is 7.44. The molecule has 1 saturated heterocycles. The molecule has 3 rings (SSSR count). The first-order valence-corrected chi connectivity index (χ1v) is 7.44. The number of amides is 4. The quantitative estimate of drug-likeness (QED) is 0.692. The molecular formula is C18H15N3O3. The number of benzene rings is 2. The van der Waals surface area contributed by atoms with Crippen LogP contribution in [0.2, 0.25) is 0 Å². The summed E-state index contributed by atoms with van der Waals surface area (Å²) in [5.74, 6) is -2.38. The van der Waals surface area contributed by atoms with Crippen LogP contribution in [0.15, 0.2) is 65.7 Å². The van der Waals surface area contributed by atoms with Crippen molar-refractivity contribution in [3.63, 3.8) is 0 Å². The van der Waals surface area contributed by atoms with Gasteiger partial charge in [-0.25, -0.2) is 9.69 Å². The standard InChI is InChI=1S/C18H15N3O3/c22-16-15(12-19-11-13-7-3-1-4-8-13)17(23)21(18(24)20-16)14-9-5-2-6-10-14/h1-10,12,15H,11H2,(H,20,22,24). The van der Waals surface area contributed by atoms with Crippen molar-refractivity contribution in [3.05, 3.63) is 66.2 Å². The predicted molar refractivity (Wildman–Crippen MR) is 89.6 cm³/mol. The third-order valence-electron chi connectivity index (χ3n) is 3.59. The molecule has 120 valence electrons. The van der Waals surface area contributed by atoms with Crippen LogP contribution in [0.1, 0.15) is 5.56 Å². The van der Waals surface area contributed by atoms with Crippen molar-refractivity contribution < 1.29 is 14.4 Å². The molecule has 2 aromatic rings. The van der Waals surface area contributed by atoms with Crippen molar-refractivity contribution in [2.45, 2.75) is 6.54 Å². The minimum Gasteiger partial charge on any atom is -0.291 e. The van der Waals surface area contributed by atoms with Gasteiger partial charge in [0.15, 0.2) is 5.92 Å². The van der Waals surface area contributed by atoms with Gasteiger partial charge in [-0.1, -0.05) is 48.5 Å². The Labute approximate surface area is 138 Å². The van der Waals surface area contributed by atoms with Gasteiger partial charge in [-0.2, -0.15) is 0 Å². The number of nitrogens with zero attached hydrogens (tertiary/aromatic N) is 2. The normalized spacial score (nSPS) is 18.1. The molecule has 1 fully saturated rings. The lowest BCUT2D eigenvalue weighted by Crippen LogP contribution is -2.58. The Bertz CT molecular complexity index is 788. The lowest BCUT2D eigenvalue weighted by Gasteiger charge is -2.28. The summed E-state index contributed by atoms with van der Waals surface area (Å²) in [5, 5.41) is 2.19. The molecule has 1 aliphatic rings.